The minimum absolute atomic E-state index is 0.0620. The Bertz CT molecular complexity index is 540. The molecule has 0 aromatic carbocycles. The van der Waals surface area contributed by atoms with Crippen molar-refractivity contribution in [3.8, 4) is 0 Å². The highest BCUT2D eigenvalue weighted by molar-refractivity contribution is 5.86. The molecule has 0 aromatic heterocycles. The van der Waals surface area contributed by atoms with Gasteiger partial charge in [-0.1, -0.05) is 19.8 Å². The maximum atomic E-state index is 12.5. The van der Waals surface area contributed by atoms with Crippen molar-refractivity contribution in [2.24, 2.45) is 23.2 Å². The van der Waals surface area contributed by atoms with Crippen LogP contribution in [0.1, 0.15) is 98.8 Å². The van der Waals surface area contributed by atoms with Crippen LogP contribution in [0.4, 0.5) is 0 Å². The summed E-state index contributed by atoms with van der Waals surface area (Å²) in [4.78, 5) is 24.8. The first-order valence-corrected chi connectivity index (χ1v) is 10.9. The van der Waals surface area contributed by atoms with Gasteiger partial charge in [0.15, 0.2) is 5.78 Å². The van der Waals surface area contributed by atoms with Gasteiger partial charge >= 0.3 is 0 Å². The van der Waals surface area contributed by atoms with Gasteiger partial charge in [-0.2, -0.15) is 0 Å². The second kappa shape index (κ2) is 8.32. The average molecular weight is 381 g/mol. The van der Waals surface area contributed by atoms with Crippen molar-refractivity contribution < 1.29 is 19.8 Å². The SMILES string of the molecule is CC(C)(O)CCC[C@@H](CCC(=O)C(C)(C)O)[C@H]1CCC2C(=O)CCC[C@@]21C. The molecular formula is C23H40O4. The molecule has 0 radical (unpaired) electrons. The van der Waals surface area contributed by atoms with Crippen molar-refractivity contribution in [2.75, 3.05) is 0 Å². The van der Waals surface area contributed by atoms with E-state index in [2.05, 4.69) is 6.92 Å². The molecule has 2 rings (SSSR count). The highest BCUT2D eigenvalue weighted by atomic mass is 16.3. The van der Waals surface area contributed by atoms with Crippen LogP contribution in [0, 0.1) is 23.2 Å². The monoisotopic (exact) mass is 380 g/mol. The summed E-state index contributed by atoms with van der Waals surface area (Å²) in [7, 11) is 0. The van der Waals surface area contributed by atoms with Crippen molar-refractivity contribution in [1.29, 1.82) is 0 Å². The molecule has 4 nitrogen and oxygen atoms in total. The first-order chi connectivity index (χ1) is 12.3. The summed E-state index contributed by atoms with van der Waals surface area (Å²) in [5.74, 6) is 1.36. The molecule has 0 bridgehead atoms. The van der Waals surface area contributed by atoms with Crippen molar-refractivity contribution in [3.63, 3.8) is 0 Å². The molecule has 0 spiro atoms. The lowest BCUT2D eigenvalue weighted by Gasteiger charge is -2.43. The zero-order chi connectivity index (χ0) is 20.5. The Labute approximate surface area is 165 Å². The van der Waals surface area contributed by atoms with Gasteiger partial charge in [0, 0.05) is 18.8 Å². The Morgan fingerprint density at radius 3 is 2.44 bits per heavy atom. The molecular weight excluding hydrogens is 340 g/mol. The average Bonchev–Trinajstić information content (AvgIpc) is 2.86. The molecule has 2 N–H and O–H groups in total. The molecule has 2 saturated carbocycles. The molecule has 27 heavy (non-hydrogen) atoms. The number of fused-ring (bicyclic) bond motifs is 1. The zero-order valence-corrected chi connectivity index (χ0v) is 18.0. The Morgan fingerprint density at radius 2 is 1.85 bits per heavy atom. The molecule has 0 heterocycles. The van der Waals surface area contributed by atoms with E-state index in [-0.39, 0.29) is 17.1 Å². The van der Waals surface area contributed by atoms with E-state index >= 15 is 0 Å². The Hall–Kier alpha value is -0.740. The lowest BCUT2D eigenvalue weighted by molar-refractivity contribution is -0.135. The maximum Gasteiger partial charge on any atom is 0.163 e. The molecule has 4 heteroatoms. The predicted molar refractivity (Wildman–Crippen MR) is 107 cm³/mol. The minimum atomic E-state index is -1.28. The molecule has 0 saturated heterocycles. The van der Waals surface area contributed by atoms with E-state index in [1.54, 1.807) is 13.8 Å². The van der Waals surface area contributed by atoms with Crippen LogP contribution in [0.25, 0.3) is 0 Å². The highest BCUT2D eigenvalue weighted by Gasteiger charge is 2.52. The number of rotatable bonds is 9. The second-order valence-corrected chi connectivity index (χ2v) is 10.5. The third kappa shape index (κ3) is 5.63. The first-order valence-electron chi connectivity index (χ1n) is 10.9. The molecule has 1 unspecified atom stereocenters. The molecule has 0 amide bonds. The maximum absolute atomic E-state index is 12.5. The van der Waals surface area contributed by atoms with Crippen LogP contribution < -0.4 is 0 Å². The quantitative estimate of drug-likeness (QED) is 0.620. The van der Waals surface area contributed by atoms with Crippen LogP contribution in [-0.4, -0.2) is 33.0 Å². The van der Waals surface area contributed by atoms with E-state index in [0.29, 0.717) is 24.0 Å². The summed E-state index contributed by atoms with van der Waals surface area (Å²) in [5.41, 5.74) is -1.89. The Balaban J connectivity index is 2.11. The molecule has 2 aliphatic rings. The smallest absolute Gasteiger partial charge is 0.163 e. The van der Waals surface area contributed by atoms with Gasteiger partial charge < -0.3 is 10.2 Å². The summed E-state index contributed by atoms with van der Waals surface area (Å²) >= 11 is 0. The number of aliphatic hydroxyl groups is 2. The van der Waals surface area contributed by atoms with Crippen LogP contribution >= 0.6 is 0 Å². The van der Waals surface area contributed by atoms with Gasteiger partial charge in [-0.05, 0) is 83.5 Å². The van der Waals surface area contributed by atoms with Gasteiger partial charge in [0.1, 0.15) is 11.4 Å². The van der Waals surface area contributed by atoms with Crippen LogP contribution in [0.3, 0.4) is 0 Å². The lowest BCUT2D eigenvalue weighted by Crippen LogP contribution is -2.40. The van der Waals surface area contributed by atoms with Gasteiger partial charge in [-0.15, -0.1) is 0 Å². The molecule has 2 fully saturated rings. The van der Waals surface area contributed by atoms with Crippen LogP contribution in [0.2, 0.25) is 0 Å². The zero-order valence-electron chi connectivity index (χ0n) is 18.0. The number of hydrogen-bond donors (Lipinski definition) is 2. The van der Waals surface area contributed by atoms with Crippen molar-refractivity contribution in [3.05, 3.63) is 0 Å². The van der Waals surface area contributed by atoms with E-state index in [4.69, 9.17) is 0 Å². The molecule has 0 aromatic rings. The number of Topliss-reactive ketones (excluding diaryl/α,β-unsaturated/α-hetero) is 2. The number of carbonyl (C=O) groups excluding carboxylic acids is 2. The van der Waals surface area contributed by atoms with Gasteiger partial charge in [0.2, 0.25) is 0 Å². The van der Waals surface area contributed by atoms with E-state index in [1.165, 1.54) is 0 Å². The number of ketones is 2. The predicted octanol–water partition coefficient (Wildman–Crippen LogP) is 4.45. The minimum Gasteiger partial charge on any atom is -0.390 e. The summed E-state index contributed by atoms with van der Waals surface area (Å²) in [6, 6.07) is 0. The van der Waals surface area contributed by atoms with Crippen molar-refractivity contribution >= 4 is 11.6 Å². The van der Waals surface area contributed by atoms with E-state index < -0.39 is 11.2 Å². The molecule has 2 aliphatic carbocycles. The Kier molecular flexibility index (Phi) is 6.95. The highest BCUT2D eigenvalue weighted by Crippen LogP contribution is 2.58. The van der Waals surface area contributed by atoms with Crippen LogP contribution in [-0.2, 0) is 9.59 Å². The molecule has 156 valence electrons. The fourth-order valence-electron chi connectivity index (χ4n) is 5.71. The van der Waals surface area contributed by atoms with E-state index in [9.17, 15) is 19.8 Å². The fourth-order valence-corrected chi connectivity index (χ4v) is 5.71. The molecule has 4 atom stereocenters. The van der Waals surface area contributed by atoms with Crippen LogP contribution in [0.15, 0.2) is 0 Å². The normalized spacial score (nSPS) is 30.3. The third-order valence-corrected chi connectivity index (χ3v) is 7.29. The van der Waals surface area contributed by atoms with Crippen molar-refractivity contribution in [2.45, 2.75) is 110 Å². The Morgan fingerprint density at radius 1 is 1.19 bits per heavy atom. The van der Waals surface area contributed by atoms with Gasteiger partial charge in [0.25, 0.3) is 0 Å². The number of hydrogen-bond acceptors (Lipinski definition) is 4. The van der Waals surface area contributed by atoms with Gasteiger partial charge in [-0.3, -0.25) is 9.59 Å². The first kappa shape index (κ1) is 22.5. The topological polar surface area (TPSA) is 74.6 Å². The lowest BCUT2D eigenvalue weighted by atomic mass is 9.61. The second-order valence-electron chi connectivity index (χ2n) is 10.5. The molecule has 0 aliphatic heterocycles. The van der Waals surface area contributed by atoms with Crippen LogP contribution in [0.5, 0.6) is 0 Å². The standard InChI is InChI=1S/C23H40O4/c1-21(2,26)14-6-8-16(10-13-20(25)22(3,4)27)17-11-12-18-19(24)9-7-15-23(17,18)5/h16-18,26-27H,6-15H2,1-5H3/t16-,17+,18?,23+/m0/s1. The van der Waals surface area contributed by atoms with Gasteiger partial charge in [-0.25, -0.2) is 0 Å². The summed E-state index contributed by atoms with van der Waals surface area (Å²) in [6.07, 6.45) is 8.69. The van der Waals surface area contributed by atoms with Crippen molar-refractivity contribution in [1.82, 2.24) is 0 Å². The van der Waals surface area contributed by atoms with E-state index in [0.717, 1.165) is 57.8 Å². The largest absolute Gasteiger partial charge is 0.390 e. The van der Waals surface area contributed by atoms with E-state index in [1.807, 2.05) is 13.8 Å². The fraction of sp³-hybridized carbons (Fsp3) is 0.913. The third-order valence-electron chi connectivity index (χ3n) is 7.29. The number of carbonyl (C=O) groups is 2. The summed E-state index contributed by atoms with van der Waals surface area (Å²) in [5, 5.41) is 20.1. The summed E-state index contributed by atoms with van der Waals surface area (Å²) in [6.45, 7) is 9.10. The van der Waals surface area contributed by atoms with Gasteiger partial charge in [0.05, 0.1) is 5.60 Å². The summed E-state index contributed by atoms with van der Waals surface area (Å²) < 4.78 is 0.